The van der Waals surface area contributed by atoms with Crippen LogP contribution >= 0.6 is 0 Å². The maximum absolute atomic E-state index is 12.8. The molecule has 1 aromatic rings. The molecule has 0 aliphatic heterocycles. The standard InChI is InChI=1S/C28H43NO3/c1-20-11-14-25-27(2,16-8-17-28(25,3)26(30)31-4)23(20)13-12-21-15-18-32-24(21)19-29-22-9-6-5-7-10-22/h15,18,22-23,25,29H,1,5-14,16-17,19H2,2-4H3. The molecular formula is C28H43NO3. The summed E-state index contributed by atoms with van der Waals surface area (Å²) < 4.78 is 11.2. The van der Waals surface area contributed by atoms with Crippen LogP contribution in [0.4, 0.5) is 0 Å². The number of esters is 1. The molecule has 178 valence electrons. The van der Waals surface area contributed by atoms with Crippen LogP contribution in [0.15, 0.2) is 28.9 Å². The predicted molar refractivity (Wildman–Crippen MR) is 128 cm³/mol. The molecule has 3 aliphatic rings. The quantitative estimate of drug-likeness (QED) is 0.383. The van der Waals surface area contributed by atoms with Gasteiger partial charge in [-0.1, -0.05) is 44.8 Å². The maximum atomic E-state index is 12.8. The molecule has 32 heavy (non-hydrogen) atoms. The zero-order valence-corrected chi connectivity index (χ0v) is 20.5. The molecule has 0 spiro atoms. The van der Waals surface area contributed by atoms with E-state index in [1.165, 1.54) is 49.7 Å². The molecule has 4 unspecified atom stereocenters. The molecule has 4 atom stereocenters. The monoisotopic (exact) mass is 441 g/mol. The van der Waals surface area contributed by atoms with E-state index in [2.05, 4.69) is 31.8 Å². The molecule has 4 heteroatoms. The molecule has 3 aliphatic carbocycles. The molecular weight excluding hydrogens is 398 g/mol. The van der Waals surface area contributed by atoms with Crippen LogP contribution < -0.4 is 5.32 Å². The Hall–Kier alpha value is -1.55. The Morgan fingerprint density at radius 1 is 1.19 bits per heavy atom. The number of ether oxygens (including phenoxy) is 1. The average molecular weight is 442 g/mol. The first-order valence-corrected chi connectivity index (χ1v) is 12.9. The van der Waals surface area contributed by atoms with Crippen molar-refractivity contribution in [3.8, 4) is 0 Å². The zero-order chi connectivity index (χ0) is 22.8. The number of hydrogen-bond donors (Lipinski definition) is 1. The van der Waals surface area contributed by atoms with Gasteiger partial charge in [0.05, 0.1) is 25.3 Å². The van der Waals surface area contributed by atoms with Crippen molar-refractivity contribution in [1.29, 1.82) is 0 Å². The highest BCUT2D eigenvalue weighted by molar-refractivity contribution is 5.77. The predicted octanol–water partition coefficient (Wildman–Crippen LogP) is 6.59. The van der Waals surface area contributed by atoms with Gasteiger partial charge in [0.2, 0.25) is 0 Å². The summed E-state index contributed by atoms with van der Waals surface area (Å²) in [7, 11) is 1.54. The second-order valence-corrected chi connectivity index (χ2v) is 11.2. The van der Waals surface area contributed by atoms with Crippen molar-refractivity contribution in [3.05, 3.63) is 35.8 Å². The summed E-state index contributed by atoms with van der Waals surface area (Å²) in [5.41, 5.74) is 2.45. The lowest BCUT2D eigenvalue weighted by molar-refractivity contribution is -0.168. The van der Waals surface area contributed by atoms with Crippen LogP contribution in [-0.4, -0.2) is 19.1 Å². The fourth-order valence-electron chi connectivity index (χ4n) is 7.55. The van der Waals surface area contributed by atoms with E-state index in [9.17, 15) is 4.79 Å². The van der Waals surface area contributed by atoms with Crippen molar-refractivity contribution >= 4 is 5.97 Å². The minimum atomic E-state index is -0.370. The molecule has 4 nitrogen and oxygen atoms in total. The fourth-order valence-corrected chi connectivity index (χ4v) is 7.55. The molecule has 1 heterocycles. The summed E-state index contributed by atoms with van der Waals surface area (Å²) >= 11 is 0. The smallest absolute Gasteiger partial charge is 0.311 e. The van der Waals surface area contributed by atoms with Gasteiger partial charge >= 0.3 is 5.97 Å². The Kier molecular flexibility index (Phi) is 7.19. The molecule has 3 fully saturated rings. The molecule has 1 N–H and O–H groups in total. The summed E-state index contributed by atoms with van der Waals surface area (Å²) in [6, 6.07) is 2.79. The average Bonchev–Trinajstić information content (AvgIpc) is 3.24. The minimum absolute atomic E-state index is 0.0226. The van der Waals surface area contributed by atoms with Gasteiger partial charge in [-0.3, -0.25) is 4.79 Å². The number of fused-ring (bicyclic) bond motifs is 1. The van der Waals surface area contributed by atoms with Crippen LogP contribution in [0.5, 0.6) is 0 Å². The van der Waals surface area contributed by atoms with Crippen LogP contribution in [0.25, 0.3) is 0 Å². The number of nitrogens with one attached hydrogen (secondary N) is 1. The number of aryl methyl sites for hydroxylation is 1. The lowest BCUT2D eigenvalue weighted by Gasteiger charge is -2.57. The number of furan rings is 1. The third-order valence-corrected chi connectivity index (χ3v) is 9.37. The largest absolute Gasteiger partial charge is 0.469 e. The van der Waals surface area contributed by atoms with Gasteiger partial charge in [0.15, 0.2) is 0 Å². The topological polar surface area (TPSA) is 51.5 Å². The van der Waals surface area contributed by atoms with E-state index in [1.807, 2.05) is 6.26 Å². The first-order chi connectivity index (χ1) is 15.4. The number of rotatable bonds is 7. The van der Waals surface area contributed by atoms with Gasteiger partial charge in [-0.25, -0.2) is 0 Å². The van der Waals surface area contributed by atoms with Gasteiger partial charge in [0.25, 0.3) is 0 Å². The number of hydrogen-bond acceptors (Lipinski definition) is 4. The van der Waals surface area contributed by atoms with E-state index < -0.39 is 0 Å². The molecule has 3 saturated carbocycles. The Balaban J connectivity index is 1.44. The summed E-state index contributed by atoms with van der Waals surface area (Å²) in [5.74, 6) is 1.88. The Morgan fingerprint density at radius 2 is 1.97 bits per heavy atom. The van der Waals surface area contributed by atoms with E-state index in [0.29, 0.717) is 17.9 Å². The van der Waals surface area contributed by atoms with E-state index in [0.717, 1.165) is 50.8 Å². The summed E-state index contributed by atoms with van der Waals surface area (Å²) in [6.07, 6.45) is 15.9. The van der Waals surface area contributed by atoms with E-state index in [1.54, 1.807) is 7.11 Å². The lowest BCUT2D eigenvalue weighted by Crippen LogP contribution is -2.53. The number of carbonyl (C=O) groups excluding carboxylic acids is 1. The molecule has 0 amide bonds. The highest BCUT2D eigenvalue weighted by Gasteiger charge is 2.57. The minimum Gasteiger partial charge on any atom is -0.469 e. The van der Waals surface area contributed by atoms with Gasteiger partial charge in [0, 0.05) is 6.04 Å². The van der Waals surface area contributed by atoms with Crippen LogP contribution in [0.2, 0.25) is 0 Å². The Labute approximate surface area is 194 Å². The van der Waals surface area contributed by atoms with Crippen molar-refractivity contribution in [1.82, 2.24) is 5.32 Å². The number of methoxy groups -OCH3 is 1. The molecule has 0 saturated heterocycles. The van der Waals surface area contributed by atoms with E-state index in [4.69, 9.17) is 9.15 Å². The summed E-state index contributed by atoms with van der Waals surface area (Å²) in [5, 5.41) is 3.73. The molecule has 0 radical (unpaired) electrons. The van der Waals surface area contributed by atoms with Crippen LogP contribution in [0.3, 0.4) is 0 Å². The van der Waals surface area contributed by atoms with Gasteiger partial charge in [-0.15, -0.1) is 0 Å². The van der Waals surface area contributed by atoms with Gasteiger partial charge in [-0.2, -0.15) is 0 Å². The van der Waals surface area contributed by atoms with E-state index in [-0.39, 0.29) is 16.8 Å². The summed E-state index contributed by atoms with van der Waals surface area (Å²) in [6.45, 7) is 9.92. The van der Waals surface area contributed by atoms with Crippen molar-refractivity contribution in [3.63, 3.8) is 0 Å². The van der Waals surface area contributed by atoms with Crippen molar-refractivity contribution < 1.29 is 13.9 Å². The Bertz CT molecular complexity index is 807. The van der Waals surface area contributed by atoms with Crippen LogP contribution in [-0.2, 0) is 22.5 Å². The third-order valence-electron chi connectivity index (χ3n) is 9.37. The Morgan fingerprint density at radius 3 is 2.72 bits per heavy atom. The lowest BCUT2D eigenvalue weighted by atomic mass is 9.46. The van der Waals surface area contributed by atoms with Crippen molar-refractivity contribution in [2.24, 2.45) is 22.7 Å². The van der Waals surface area contributed by atoms with Crippen LogP contribution in [0.1, 0.15) is 95.8 Å². The van der Waals surface area contributed by atoms with E-state index >= 15 is 0 Å². The molecule has 0 bridgehead atoms. The normalized spacial score (nSPS) is 33.7. The zero-order valence-electron chi connectivity index (χ0n) is 20.5. The second-order valence-electron chi connectivity index (χ2n) is 11.2. The first kappa shape index (κ1) is 23.6. The summed E-state index contributed by atoms with van der Waals surface area (Å²) in [4.78, 5) is 12.8. The highest BCUT2D eigenvalue weighted by Crippen LogP contribution is 2.62. The van der Waals surface area contributed by atoms with Crippen LogP contribution in [0, 0.1) is 22.7 Å². The van der Waals surface area contributed by atoms with Gasteiger partial charge in [-0.05, 0) is 87.2 Å². The second kappa shape index (κ2) is 9.75. The molecule has 0 aromatic carbocycles. The van der Waals surface area contributed by atoms with Crippen molar-refractivity contribution in [2.75, 3.05) is 7.11 Å². The SMILES string of the molecule is C=C1CCC2C(C)(C(=O)OC)CCCC2(C)C1CCc1ccoc1CNC1CCCCC1. The van der Waals surface area contributed by atoms with Gasteiger partial charge in [0.1, 0.15) is 5.76 Å². The highest BCUT2D eigenvalue weighted by atomic mass is 16.5. The third kappa shape index (κ3) is 4.44. The number of allylic oxidation sites excluding steroid dienone is 1. The number of carbonyl (C=O) groups is 1. The first-order valence-electron chi connectivity index (χ1n) is 12.9. The fraction of sp³-hybridized carbons (Fsp3) is 0.750. The molecule has 1 aromatic heterocycles. The van der Waals surface area contributed by atoms with Gasteiger partial charge < -0.3 is 14.5 Å². The molecule has 4 rings (SSSR count). The maximum Gasteiger partial charge on any atom is 0.311 e. The van der Waals surface area contributed by atoms with Crippen molar-refractivity contribution in [2.45, 2.75) is 103 Å².